The van der Waals surface area contributed by atoms with Crippen LogP contribution in [0.1, 0.15) is 0 Å². The first-order valence-corrected chi connectivity index (χ1v) is 3.55. The highest BCUT2D eigenvalue weighted by Crippen LogP contribution is 2.33. The molecule has 0 radical (unpaired) electrons. The van der Waals surface area contributed by atoms with Crippen LogP contribution in [-0.4, -0.2) is 47.5 Å². The van der Waals surface area contributed by atoms with Gasteiger partial charge in [-0.15, -0.1) is 0 Å². The molecule has 0 aromatic rings. The van der Waals surface area contributed by atoms with Gasteiger partial charge in [0.25, 0.3) is 0 Å². The van der Waals surface area contributed by atoms with Gasteiger partial charge in [0.1, 0.15) is 18.3 Å². The van der Waals surface area contributed by atoms with E-state index in [-0.39, 0.29) is 13.2 Å². The zero-order valence-corrected chi connectivity index (χ0v) is 5.93. The Hall–Kier alpha value is -0.200. The maximum absolute atomic E-state index is 9.29. The first-order valence-electron chi connectivity index (χ1n) is 3.55. The summed E-state index contributed by atoms with van der Waals surface area (Å²) in [5.41, 5.74) is 4.46. The Morgan fingerprint density at radius 1 is 1.36 bits per heavy atom. The monoisotopic (exact) mass is 161 g/mol. The summed E-state index contributed by atoms with van der Waals surface area (Å²) in [6.07, 6.45) is -2.11. The highest BCUT2D eigenvalue weighted by atomic mass is 16.6. The van der Waals surface area contributed by atoms with E-state index in [4.69, 9.17) is 15.2 Å². The molecule has 2 heterocycles. The van der Waals surface area contributed by atoms with E-state index in [0.29, 0.717) is 0 Å². The molecule has 5 heteroatoms. The molecule has 2 rings (SSSR count). The predicted octanol–water partition coefficient (Wildman–Crippen LogP) is -2.21. The van der Waals surface area contributed by atoms with Crippen LogP contribution in [0.4, 0.5) is 0 Å². The van der Waals surface area contributed by atoms with Gasteiger partial charge < -0.3 is 19.7 Å². The third kappa shape index (κ3) is 0.830. The number of fused-ring (bicyclic) bond motifs is 1. The molecule has 0 aromatic heterocycles. The van der Waals surface area contributed by atoms with E-state index in [1.165, 1.54) is 0 Å². The van der Waals surface area contributed by atoms with Gasteiger partial charge in [0.2, 0.25) is 0 Å². The van der Waals surface area contributed by atoms with Crippen LogP contribution < -0.4 is 5.73 Å². The van der Waals surface area contributed by atoms with Gasteiger partial charge in [0.05, 0.1) is 13.2 Å². The van der Waals surface area contributed by atoms with Gasteiger partial charge in [-0.25, -0.2) is 0 Å². The van der Waals surface area contributed by atoms with Crippen molar-refractivity contribution in [1.29, 1.82) is 0 Å². The van der Waals surface area contributed by atoms with Gasteiger partial charge in [0, 0.05) is 0 Å². The van der Waals surface area contributed by atoms with Crippen LogP contribution >= 0.6 is 0 Å². The quantitative estimate of drug-likeness (QED) is 0.375. The molecule has 5 nitrogen and oxygen atoms in total. The Morgan fingerprint density at radius 2 is 2.09 bits per heavy atom. The van der Waals surface area contributed by atoms with Crippen LogP contribution in [0.3, 0.4) is 0 Å². The van der Waals surface area contributed by atoms with Gasteiger partial charge in [0.15, 0.2) is 5.72 Å². The van der Waals surface area contributed by atoms with Crippen molar-refractivity contribution in [2.75, 3.05) is 13.2 Å². The number of rotatable bonds is 0. The summed E-state index contributed by atoms with van der Waals surface area (Å²) in [6, 6.07) is 0. The van der Waals surface area contributed by atoms with Crippen LogP contribution in [0.25, 0.3) is 0 Å². The van der Waals surface area contributed by atoms with E-state index < -0.39 is 24.0 Å². The molecule has 0 unspecified atom stereocenters. The smallest absolute Gasteiger partial charge is 0.174 e. The summed E-state index contributed by atoms with van der Waals surface area (Å²) in [5, 5.41) is 18.5. The maximum atomic E-state index is 9.29. The lowest BCUT2D eigenvalue weighted by atomic mass is 10.0. The fraction of sp³-hybridized carbons (Fsp3) is 1.00. The van der Waals surface area contributed by atoms with Gasteiger partial charge in [-0.1, -0.05) is 0 Å². The lowest BCUT2D eigenvalue weighted by molar-refractivity contribution is -0.0715. The standard InChI is InChI=1S/C6H11NO4/c7-6-4(9)2-10-5(6)3(8)1-11-6/h3-5,8-9H,1-2,7H2/t3-,4+,5-,6-/m1/s1. The van der Waals surface area contributed by atoms with Crippen molar-refractivity contribution in [3.8, 4) is 0 Å². The van der Waals surface area contributed by atoms with Crippen molar-refractivity contribution in [2.45, 2.75) is 24.0 Å². The molecule has 2 fully saturated rings. The van der Waals surface area contributed by atoms with E-state index in [9.17, 15) is 10.2 Å². The molecule has 0 bridgehead atoms. The lowest BCUT2D eigenvalue weighted by Crippen LogP contribution is -2.55. The summed E-state index contributed by atoms with van der Waals surface area (Å²) >= 11 is 0. The van der Waals surface area contributed by atoms with Crippen LogP contribution in [0.2, 0.25) is 0 Å². The number of hydrogen-bond acceptors (Lipinski definition) is 5. The Bertz CT molecular complexity index is 176. The minimum atomic E-state index is -1.18. The zero-order chi connectivity index (χ0) is 8.06. The highest BCUT2D eigenvalue weighted by molar-refractivity contribution is 5.03. The van der Waals surface area contributed by atoms with Crippen LogP contribution in [-0.2, 0) is 9.47 Å². The van der Waals surface area contributed by atoms with E-state index in [1.54, 1.807) is 0 Å². The molecule has 2 aliphatic rings. The van der Waals surface area contributed by atoms with Crippen molar-refractivity contribution in [1.82, 2.24) is 0 Å². The second-order valence-electron chi connectivity index (χ2n) is 3.00. The Balaban J connectivity index is 2.23. The van der Waals surface area contributed by atoms with Gasteiger partial charge in [-0.3, -0.25) is 5.73 Å². The number of aliphatic hydroxyl groups excluding tert-OH is 2. The number of hydrogen-bond donors (Lipinski definition) is 3. The molecule has 0 aromatic carbocycles. The van der Waals surface area contributed by atoms with Gasteiger partial charge in [-0.05, 0) is 0 Å². The Kier molecular flexibility index (Phi) is 1.45. The summed E-state index contributed by atoms with van der Waals surface area (Å²) in [7, 11) is 0. The van der Waals surface area contributed by atoms with Crippen molar-refractivity contribution < 1.29 is 19.7 Å². The second kappa shape index (κ2) is 2.15. The summed E-state index contributed by atoms with van der Waals surface area (Å²) in [5.74, 6) is 0. The van der Waals surface area contributed by atoms with Crippen LogP contribution in [0, 0.1) is 0 Å². The minimum absolute atomic E-state index is 0.137. The number of ether oxygens (including phenoxy) is 2. The fourth-order valence-electron chi connectivity index (χ4n) is 1.55. The highest BCUT2D eigenvalue weighted by Gasteiger charge is 2.57. The minimum Gasteiger partial charge on any atom is -0.388 e. The fourth-order valence-corrected chi connectivity index (χ4v) is 1.55. The summed E-state index contributed by atoms with van der Waals surface area (Å²) in [6.45, 7) is 0.274. The van der Waals surface area contributed by atoms with E-state index in [1.807, 2.05) is 0 Å². The molecule has 0 amide bonds. The first-order chi connectivity index (χ1) is 5.14. The number of aliphatic hydroxyl groups is 2. The van der Waals surface area contributed by atoms with Crippen molar-refractivity contribution in [3.63, 3.8) is 0 Å². The third-order valence-electron chi connectivity index (χ3n) is 2.25. The molecule has 2 aliphatic heterocycles. The Morgan fingerprint density at radius 3 is 2.73 bits per heavy atom. The van der Waals surface area contributed by atoms with Crippen LogP contribution in [0.15, 0.2) is 0 Å². The van der Waals surface area contributed by atoms with Crippen molar-refractivity contribution in [2.24, 2.45) is 5.73 Å². The van der Waals surface area contributed by atoms with Crippen molar-refractivity contribution in [3.05, 3.63) is 0 Å². The predicted molar refractivity (Wildman–Crippen MR) is 34.6 cm³/mol. The van der Waals surface area contributed by atoms with E-state index in [0.717, 1.165) is 0 Å². The average Bonchev–Trinajstić information content (AvgIpc) is 2.39. The van der Waals surface area contributed by atoms with Crippen LogP contribution in [0.5, 0.6) is 0 Å². The first kappa shape index (κ1) is 7.45. The van der Waals surface area contributed by atoms with Crippen molar-refractivity contribution >= 4 is 0 Å². The lowest BCUT2D eigenvalue weighted by Gasteiger charge is -2.24. The molecule has 4 atom stereocenters. The summed E-state index contributed by atoms with van der Waals surface area (Å²) < 4.78 is 10.1. The second-order valence-corrected chi connectivity index (χ2v) is 3.00. The molecular formula is C6H11NO4. The van der Waals surface area contributed by atoms with E-state index >= 15 is 0 Å². The maximum Gasteiger partial charge on any atom is 0.174 e. The molecule has 11 heavy (non-hydrogen) atoms. The molecule has 0 saturated carbocycles. The molecular weight excluding hydrogens is 150 g/mol. The molecule has 0 aliphatic carbocycles. The molecule has 4 N–H and O–H groups in total. The third-order valence-corrected chi connectivity index (χ3v) is 2.25. The van der Waals surface area contributed by atoms with Gasteiger partial charge >= 0.3 is 0 Å². The normalized spacial score (nSPS) is 56.5. The molecule has 64 valence electrons. The topological polar surface area (TPSA) is 84.9 Å². The van der Waals surface area contributed by atoms with Gasteiger partial charge in [-0.2, -0.15) is 0 Å². The average molecular weight is 161 g/mol. The zero-order valence-electron chi connectivity index (χ0n) is 5.93. The largest absolute Gasteiger partial charge is 0.388 e. The summed E-state index contributed by atoms with van der Waals surface area (Å²) in [4.78, 5) is 0. The number of nitrogens with two attached hydrogens (primary N) is 1. The SMILES string of the molecule is N[C@]12OC[C@@H](O)[C@H]1OC[C@@H]2O. The molecule has 0 spiro atoms. The molecule has 2 saturated heterocycles. The Labute approximate surface area is 63.7 Å². The van der Waals surface area contributed by atoms with E-state index in [2.05, 4.69) is 0 Å².